The molecule has 82 valence electrons. The molecule has 1 aromatic heterocycles. The van der Waals surface area contributed by atoms with E-state index in [2.05, 4.69) is 16.0 Å². The van der Waals surface area contributed by atoms with E-state index in [1.54, 1.807) is 17.8 Å². The summed E-state index contributed by atoms with van der Waals surface area (Å²) >= 11 is 1.55. The summed E-state index contributed by atoms with van der Waals surface area (Å²) in [5.41, 5.74) is 1.48. The van der Waals surface area contributed by atoms with Gasteiger partial charge in [0.15, 0.2) is 5.16 Å². The maximum Gasteiger partial charge on any atom is 0.166 e. The Balaban J connectivity index is 2.06. The number of fused-ring (bicyclic) bond motifs is 1. The molecule has 0 aliphatic heterocycles. The minimum atomic E-state index is -0.266. The van der Waals surface area contributed by atoms with Crippen LogP contribution in [0.1, 0.15) is 12.8 Å². The molecule has 0 spiro atoms. The Morgan fingerprint density at radius 2 is 2.38 bits per heavy atom. The molecule has 5 heteroatoms. The minimum Gasteiger partial charge on any atom is -0.333 e. The van der Waals surface area contributed by atoms with Crippen molar-refractivity contribution in [2.75, 3.05) is 5.75 Å². The Morgan fingerprint density at radius 1 is 1.50 bits per heavy atom. The average Bonchev–Trinajstić information content (AvgIpc) is 2.66. The molecule has 2 aromatic rings. The molecular formula is C11H10FN3S. The first-order valence-electron chi connectivity index (χ1n) is 4.94. The van der Waals surface area contributed by atoms with E-state index in [-0.39, 0.29) is 5.82 Å². The van der Waals surface area contributed by atoms with Crippen molar-refractivity contribution in [2.45, 2.75) is 18.0 Å². The third kappa shape index (κ3) is 2.52. The van der Waals surface area contributed by atoms with Crippen LogP contribution in [0, 0.1) is 17.1 Å². The molecule has 0 fully saturated rings. The van der Waals surface area contributed by atoms with Crippen LogP contribution >= 0.6 is 11.8 Å². The monoisotopic (exact) mass is 235 g/mol. The molecule has 0 amide bonds. The number of hydrogen-bond acceptors (Lipinski definition) is 3. The second-order valence-corrected chi connectivity index (χ2v) is 4.40. The number of hydrogen-bond donors (Lipinski definition) is 1. The predicted octanol–water partition coefficient (Wildman–Crippen LogP) is 3.10. The van der Waals surface area contributed by atoms with Gasteiger partial charge in [-0.15, -0.1) is 0 Å². The van der Waals surface area contributed by atoms with Gasteiger partial charge in [0, 0.05) is 12.2 Å². The zero-order valence-electron chi connectivity index (χ0n) is 8.53. The Kier molecular flexibility index (Phi) is 3.42. The molecule has 0 radical (unpaired) electrons. The van der Waals surface area contributed by atoms with E-state index in [9.17, 15) is 4.39 Å². The Hall–Kier alpha value is -1.54. The van der Waals surface area contributed by atoms with Gasteiger partial charge in [0.05, 0.1) is 17.1 Å². The lowest BCUT2D eigenvalue weighted by molar-refractivity contribution is 0.629. The van der Waals surface area contributed by atoms with Crippen molar-refractivity contribution in [1.29, 1.82) is 5.26 Å². The summed E-state index contributed by atoms with van der Waals surface area (Å²) < 4.78 is 12.9. The zero-order chi connectivity index (χ0) is 11.4. The summed E-state index contributed by atoms with van der Waals surface area (Å²) in [6, 6.07) is 6.58. The fraction of sp³-hybridized carbons (Fsp3) is 0.273. The van der Waals surface area contributed by atoms with Gasteiger partial charge in [0.1, 0.15) is 5.82 Å². The van der Waals surface area contributed by atoms with Crippen molar-refractivity contribution < 1.29 is 4.39 Å². The average molecular weight is 235 g/mol. The van der Waals surface area contributed by atoms with Crippen molar-refractivity contribution in [1.82, 2.24) is 9.97 Å². The maximum absolute atomic E-state index is 12.9. The third-order valence-electron chi connectivity index (χ3n) is 2.09. The summed E-state index contributed by atoms with van der Waals surface area (Å²) in [5, 5.41) is 9.16. The van der Waals surface area contributed by atoms with Crippen LogP contribution in [-0.4, -0.2) is 15.7 Å². The normalized spacial score (nSPS) is 10.5. The molecule has 0 saturated heterocycles. The number of rotatable bonds is 4. The number of halogens is 1. The van der Waals surface area contributed by atoms with Gasteiger partial charge >= 0.3 is 0 Å². The smallest absolute Gasteiger partial charge is 0.166 e. The van der Waals surface area contributed by atoms with E-state index in [0.717, 1.165) is 22.8 Å². The molecule has 1 heterocycles. The number of aromatic amines is 1. The Morgan fingerprint density at radius 3 is 3.19 bits per heavy atom. The highest BCUT2D eigenvalue weighted by Crippen LogP contribution is 2.20. The number of H-pyrrole nitrogens is 1. The fourth-order valence-corrected chi connectivity index (χ4v) is 2.17. The standard InChI is InChI=1S/C11H10FN3S/c12-8-3-4-9-10(7-8)15-11(14-9)16-6-2-1-5-13/h3-4,7H,1-2,6H2,(H,14,15). The quantitative estimate of drug-likeness (QED) is 0.654. The van der Waals surface area contributed by atoms with Crippen LogP contribution in [0.2, 0.25) is 0 Å². The highest BCUT2D eigenvalue weighted by molar-refractivity contribution is 7.99. The lowest BCUT2D eigenvalue weighted by Gasteiger charge is -1.92. The second-order valence-electron chi connectivity index (χ2n) is 3.31. The number of nitriles is 1. The molecule has 3 nitrogen and oxygen atoms in total. The van der Waals surface area contributed by atoms with Gasteiger partial charge in [0.25, 0.3) is 0 Å². The van der Waals surface area contributed by atoms with Crippen LogP contribution in [0.5, 0.6) is 0 Å². The molecular weight excluding hydrogens is 225 g/mol. The molecule has 1 aromatic carbocycles. The van der Waals surface area contributed by atoms with E-state index in [1.165, 1.54) is 12.1 Å². The van der Waals surface area contributed by atoms with E-state index in [4.69, 9.17) is 5.26 Å². The van der Waals surface area contributed by atoms with Crippen LogP contribution in [0.4, 0.5) is 4.39 Å². The lowest BCUT2D eigenvalue weighted by atomic mass is 10.3. The number of nitrogens with zero attached hydrogens (tertiary/aromatic N) is 2. The highest BCUT2D eigenvalue weighted by atomic mass is 32.2. The predicted molar refractivity (Wildman–Crippen MR) is 61.6 cm³/mol. The molecule has 0 saturated carbocycles. The zero-order valence-corrected chi connectivity index (χ0v) is 9.35. The summed E-state index contributed by atoms with van der Waals surface area (Å²) in [7, 11) is 0. The number of imidazole rings is 1. The molecule has 16 heavy (non-hydrogen) atoms. The van der Waals surface area contributed by atoms with E-state index in [0.29, 0.717) is 11.9 Å². The van der Waals surface area contributed by atoms with E-state index in [1.807, 2.05) is 0 Å². The van der Waals surface area contributed by atoms with Gasteiger partial charge in [-0.05, 0) is 24.6 Å². The fourth-order valence-electron chi connectivity index (χ4n) is 1.35. The Labute approximate surface area is 96.7 Å². The van der Waals surface area contributed by atoms with Crippen molar-refractivity contribution in [2.24, 2.45) is 0 Å². The lowest BCUT2D eigenvalue weighted by Crippen LogP contribution is -1.80. The summed E-state index contributed by atoms with van der Waals surface area (Å²) in [6.07, 6.45) is 1.40. The van der Waals surface area contributed by atoms with Gasteiger partial charge in [0.2, 0.25) is 0 Å². The first-order valence-corrected chi connectivity index (χ1v) is 5.93. The Bertz CT molecular complexity index is 529. The van der Waals surface area contributed by atoms with Gasteiger partial charge in [-0.1, -0.05) is 11.8 Å². The maximum atomic E-state index is 12.9. The van der Waals surface area contributed by atoms with Crippen LogP contribution in [-0.2, 0) is 0 Å². The van der Waals surface area contributed by atoms with Gasteiger partial charge in [-0.25, -0.2) is 9.37 Å². The summed E-state index contributed by atoms with van der Waals surface area (Å²) in [5.74, 6) is 0.577. The minimum absolute atomic E-state index is 0.266. The molecule has 2 rings (SSSR count). The number of unbranched alkanes of at least 4 members (excludes halogenated alkanes) is 1. The number of nitrogens with one attached hydrogen (secondary N) is 1. The molecule has 0 bridgehead atoms. The SMILES string of the molecule is N#CCCCSc1nc2ccc(F)cc2[nH]1. The van der Waals surface area contributed by atoms with E-state index < -0.39 is 0 Å². The number of thioether (sulfide) groups is 1. The van der Waals surface area contributed by atoms with Gasteiger partial charge in [-0.3, -0.25) is 0 Å². The molecule has 0 unspecified atom stereocenters. The van der Waals surface area contributed by atoms with E-state index >= 15 is 0 Å². The van der Waals surface area contributed by atoms with Crippen molar-refractivity contribution >= 4 is 22.8 Å². The van der Waals surface area contributed by atoms with Crippen LogP contribution in [0.25, 0.3) is 11.0 Å². The summed E-state index contributed by atoms with van der Waals surface area (Å²) in [6.45, 7) is 0. The first kappa shape index (κ1) is 11.0. The van der Waals surface area contributed by atoms with Crippen molar-refractivity contribution in [3.8, 4) is 6.07 Å². The summed E-state index contributed by atoms with van der Waals surface area (Å²) in [4.78, 5) is 7.35. The number of aromatic nitrogens is 2. The van der Waals surface area contributed by atoms with Crippen LogP contribution in [0.3, 0.4) is 0 Å². The van der Waals surface area contributed by atoms with Gasteiger partial charge in [-0.2, -0.15) is 5.26 Å². The van der Waals surface area contributed by atoms with Gasteiger partial charge < -0.3 is 4.98 Å². The highest BCUT2D eigenvalue weighted by Gasteiger charge is 2.03. The number of benzene rings is 1. The third-order valence-corrected chi connectivity index (χ3v) is 3.05. The first-order chi connectivity index (χ1) is 7.79. The largest absolute Gasteiger partial charge is 0.333 e. The molecule has 1 N–H and O–H groups in total. The molecule has 0 aliphatic rings. The second kappa shape index (κ2) is 4.99. The van der Waals surface area contributed by atoms with Crippen LogP contribution < -0.4 is 0 Å². The van der Waals surface area contributed by atoms with Crippen molar-refractivity contribution in [3.63, 3.8) is 0 Å². The van der Waals surface area contributed by atoms with Crippen molar-refractivity contribution in [3.05, 3.63) is 24.0 Å². The van der Waals surface area contributed by atoms with Crippen LogP contribution in [0.15, 0.2) is 23.4 Å². The topological polar surface area (TPSA) is 52.5 Å². The molecule has 0 atom stereocenters. The molecule has 0 aliphatic carbocycles.